The largest absolute Gasteiger partial charge is 0.109 e. The van der Waals surface area contributed by atoms with E-state index < -0.39 is 0 Å². The van der Waals surface area contributed by atoms with Crippen molar-refractivity contribution in [3.63, 3.8) is 0 Å². The zero-order valence-electron chi connectivity index (χ0n) is 9.11. The lowest BCUT2D eigenvalue weighted by molar-refractivity contribution is 1.29. The van der Waals surface area contributed by atoms with E-state index in [0.717, 1.165) is 6.42 Å². The number of hydrogen-bond acceptors (Lipinski definition) is 0. The van der Waals surface area contributed by atoms with E-state index in [1.165, 1.54) is 21.9 Å². The Morgan fingerprint density at radius 1 is 1.12 bits per heavy atom. The molecule has 0 saturated heterocycles. The van der Waals surface area contributed by atoms with Crippen LogP contribution in [0.1, 0.15) is 11.1 Å². The number of rotatable bonds is 0. The molecule has 1 aliphatic carbocycles. The first kappa shape index (κ1) is 10.9. The lowest BCUT2D eigenvalue weighted by Gasteiger charge is -2.11. The minimum absolute atomic E-state index is 1.08. The second-order valence-corrected chi connectivity index (χ2v) is 4.08. The van der Waals surface area contributed by atoms with Crippen molar-refractivity contribution in [2.45, 2.75) is 6.42 Å². The summed E-state index contributed by atoms with van der Waals surface area (Å²) in [5, 5.41) is 2.80. The second kappa shape index (κ2) is 4.95. The molecule has 1 aliphatic rings. The van der Waals surface area contributed by atoms with Gasteiger partial charge in [0, 0.05) is 0 Å². The van der Waals surface area contributed by atoms with Crippen LogP contribution < -0.4 is 0 Å². The van der Waals surface area contributed by atoms with Crippen molar-refractivity contribution in [2.75, 3.05) is 0 Å². The quantitative estimate of drug-likeness (QED) is 0.595. The van der Waals surface area contributed by atoms with Crippen LogP contribution in [0.5, 0.6) is 0 Å². The molecule has 2 aromatic rings. The molecule has 0 aromatic heterocycles. The lowest BCUT2D eigenvalue weighted by Crippen LogP contribution is -1.91. The first-order valence-electron chi connectivity index (χ1n) is 5.32. The molecule has 0 bridgehead atoms. The average Bonchev–Trinajstić information content (AvgIpc) is 2.31. The highest BCUT2D eigenvalue weighted by Gasteiger charge is 2.06. The molecule has 0 amide bonds. The van der Waals surface area contributed by atoms with Gasteiger partial charge in [-0.15, -0.1) is 12.3 Å². The van der Waals surface area contributed by atoms with Crippen LogP contribution in [0.4, 0.5) is 0 Å². The zero-order valence-corrected chi connectivity index (χ0v) is 10.1. The molecule has 0 spiro atoms. The maximum atomic E-state index is 3.27. The van der Waals surface area contributed by atoms with Crippen LogP contribution in [0, 0.1) is 0 Å². The van der Waals surface area contributed by atoms with Crippen molar-refractivity contribution in [3.8, 4) is 0 Å². The summed E-state index contributed by atoms with van der Waals surface area (Å²) in [5.74, 6) is 0. The van der Waals surface area contributed by atoms with E-state index in [4.69, 9.17) is 0 Å². The van der Waals surface area contributed by atoms with Crippen molar-refractivity contribution >= 4 is 27.1 Å². The van der Waals surface area contributed by atoms with E-state index in [1.807, 2.05) is 0 Å². The molecule has 16 heavy (non-hydrogen) atoms. The molecule has 0 fully saturated rings. The van der Waals surface area contributed by atoms with Gasteiger partial charge in [0.15, 0.2) is 0 Å². The summed E-state index contributed by atoms with van der Waals surface area (Å²) in [5.41, 5.74) is 4.37. The molecule has 0 saturated carbocycles. The van der Waals surface area contributed by atoms with Crippen LogP contribution in [0.2, 0.25) is 0 Å². The normalized spacial score (nSPS) is 11.8. The van der Waals surface area contributed by atoms with Gasteiger partial charge >= 0.3 is 0 Å². The van der Waals surface area contributed by atoms with E-state index in [2.05, 4.69) is 65.4 Å². The van der Waals surface area contributed by atoms with Gasteiger partial charge in [-0.2, -0.15) is 0 Å². The van der Waals surface area contributed by atoms with E-state index in [-0.39, 0.29) is 0 Å². The van der Waals surface area contributed by atoms with Crippen molar-refractivity contribution in [2.24, 2.45) is 0 Å². The van der Waals surface area contributed by atoms with Crippen molar-refractivity contribution < 1.29 is 0 Å². The van der Waals surface area contributed by atoms with Gasteiger partial charge in [0.25, 0.3) is 0 Å². The molecule has 2 aromatic carbocycles. The summed E-state index contributed by atoms with van der Waals surface area (Å²) in [4.78, 5) is 0. The Balaban J connectivity index is 0.000000292. The number of hydrogen-bond donors (Lipinski definition) is 0. The molecule has 3 rings (SSSR count). The summed E-state index contributed by atoms with van der Waals surface area (Å²) in [6.45, 7) is 3.27. The lowest BCUT2D eigenvalue weighted by atomic mass is 9.93. The maximum absolute atomic E-state index is 3.27. The molecule has 0 nitrogen and oxygen atoms in total. The SMILES string of the molecule is C1=Cc2cccc3cccc(c23)C1.C=C[Si]. The Labute approximate surface area is 99.7 Å². The smallest absolute Gasteiger partial charge is 0.0592 e. The first-order chi connectivity index (χ1) is 7.86. The van der Waals surface area contributed by atoms with Crippen molar-refractivity contribution in [1.82, 2.24) is 0 Å². The molecule has 0 unspecified atom stereocenters. The summed E-state index contributed by atoms with van der Waals surface area (Å²) < 4.78 is 0. The fourth-order valence-electron chi connectivity index (χ4n) is 2.07. The van der Waals surface area contributed by atoms with Crippen LogP contribution >= 0.6 is 0 Å². The van der Waals surface area contributed by atoms with E-state index in [9.17, 15) is 0 Å². The number of allylic oxidation sites excluding steroid dienone is 1. The highest BCUT2D eigenvalue weighted by atomic mass is 28.1. The topological polar surface area (TPSA) is 0 Å². The van der Waals surface area contributed by atoms with Gasteiger partial charge in [-0.25, -0.2) is 0 Å². The van der Waals surface area contributed by atoms with Gasteiger partial charge < -0.3 is 0 Å². The predicted octanol–water partition coefficient (Wildman–Crippen LogP) is 3.71. The van der Waals surface area contributed by atoms with Gasteiger partial charge in [0.2, 0.25) is 0 Å². The molecule has 0 N–H and O–H groups in total. The third-order valence-electron chi connectivity index (χ3n) is 2.66. The molecule has 0 atom stereocenters. The highest BCUT2D eigenvalue weighted by Crippen LogP contribution is 2.27. The van der Waals surface area contributed by atoms with Crippen molar-refractivity contribution in [3.05, 3.63) is 65.9 Å². The molecule has 0 heterocycles. The maximum Gasteiger partial charge on any atom is 0.0592 e. The van der Waals surface area contributed by atoms with Crippen LogP contribution in [0.15, 0.2) is 54.8 Å². The highest BCUT2D eigenvalue weighted by molar-refractivity contribution is 6.16. The Hall–Kier alpha value is -1.60. The molecule has 3 radical (unpaired) electrons. The molecule has 0 aliphatic heterocycles. The van der Waals surface area contributed by atoms with E-state index in [0.29, 0.717) is 0 Å². The second-order valence-electron chi connectivity index (χ2n) is 3.67. The summed E-state index contributed by atoms with van der Waals surface area (Å²) in [7, 11) is 2.95. The summed E-state index contributed by atoms with van der Waals surface area (Å²) in [6.07, 6.45) is 5.53. The van der Waals surface area contributed by atoms with Crippen LogP contribution in [0.3, 0.4) is 0 Å². The zero-order chi connectivity index (χ0) is 11.4. The molecule has 77 valence electrons. The minimum atomic E-state index is 1.08. The Kier molecular flexibility index (Phi) is 3.37. The predicted molar refractivity (Wildman–Crippen MR) is 72.6 cm³/mol. The standard InChI is InChI=1S/C13H10.C2H3Si/c1-4-10-6-2-8-12-9-3-7-11(5-1)13(10)12;1-2-3/h1-8H,9H2;2H,1H2. The summed E-state index contributed by atoms with van der Waals surface area (Å²) in [6, 6.07) is 13.0. The fourth-order valence-corrected chi connectivity index (χ4v) is 2.07. The van der Waals surface area contributed by atoms with Gasteiger partial charge in [-0.3, -0.25) is 0 Å². The minimum Gasteiger partial charge on any atom is -0.109 e. The van der Waals surface area contributed by atoms with Crippen LogP contribution in [-0.2, 0) is 6.42 Å². The monoisotopic (exact) mass is 221 g/mol. The first-order valence-corrected chi connectivity index (χ1v) is 5.90. The van der Waals surface area contributed by atoms with E-state index >= 15 is 0 Å². The van der Waals surface area contributed by atoms with Gasteiger partial charge in [0.1, 0.15) is 0 Å². The van der Waals surface area contributed by atoms with Crippen LogP contribution in [0.25, 0.3) is 16.8 Å². The fraction of sp³-hybridized carbons (Fsp3) is 0.0667. The van der Waals surface area contributed by atoms with Crippen LogP contribution in [-0.4, -0.2) is 10.2 Å². The molecular weight excluding hydrogens is 208 g/mol. The summed E-state index contributed by atoms with van der Waals surface area (Å²) >= 11 is 0. The van der Waals surface area contributed by atoms with E-state index in [1.54, 1.807) is 5.70 Å². The van der Waals surface area contributed by atoms with Gasteiger partial charge in [-0.1, -0.05) is 48.6 Å². The molecule has 1 heteroatoms. The molecular formula is C15H13Si. The third-order valence-corrected chi connectivity index (χ3v) is 2.66. The van der Waals surface area contributed by atoms with Gasteiger partial charge in [0.05, 0.1) is 10.2 Å². The third kappa shape index (κ3) is 2.00. The Bertz CT molecular complexity index is 533. The van der Waals surface area contributed by atoms with Crippen molar-refractivity contribution in [1.29, 1.82) is 0 Å². The average molecular weight is 221 g/mol. The number of benzene rings is 2. The Morgan fingerprint density at radius 2 is 1.81 bits per heavy atom. The van der Waals surface area contributed by atoms with Gasteiger partial charge in [-0.05, 0) is 28.3 Å². The Morgan fingerprint density at radius 3 is 2.56 bits per heavy atom.